The Kier molecular flexibility index (Phi) is 13.0. The zero-order valence-corrected chi connectivity index (χ0v) is 3.99. The summed E-state index contributed by atoms with van der Waals surface area (Å²) in [4.78, 5) is 29.8. The summed E-state index contributed by atoms with van der Waals surface area (Å²) in [7, 11) is -2.62. The van der Waals surface area contributed by atoms with E-state index < -0.39 is 8.60 Å². The highest BCUT2D eigenvalue weighted by Gasteiger charge is 1.76. The van der Waals surface area contributed by atoms with Crippen molar-refractivity contribution in [3.63, 3.8) is 0 Å². The van der Waals surface area contributed by atoms with E-state index in [0.29, 0.717) is 0 Å². The predicted octanol–water partition coefficient (Wildman–Crippen LogP) is -0.668. The molecule has 0 aromatic rings. The molecule has 0 saturated heterocycles. The first-order chi connectivity index (χ1) is 3.15. The summed E-state index contributed by atoms with van der Waals surface area (Å²) in [6.07, 6.45) is 0. The van der Waals surface area contributed by atoms with Crippen molar-refractivity contribution in [1.29, 1.82) is 0 Å². The van der Waals surface area contributed by atoms with Crippen LogP contribution in [-0.2, 0) is 0 Å². The van der Waals surface area contributed by atoms with Gasteiger partial charge in [0.25, 0.3) is 0 Å². The van der Waals surface area contributed by atoms with Crippen LogP contribution in [0.15, 0.2) is 5.34 Å². The molecule has 0 heterocycles. The number of hydrogen-bond donors (Lipinski definition) is 4. The zero-order valence-electron chi connectivity index (χ0n) is 3.09. The van der Waals surface area contributed by atoms with Crippen molar-refractivity contribution in [1.82, 2.24) is 0 Å². The minimum Gasteiger partial charge on any atom is -0.379 e. The van der Waals surface area contributed by atoms with Gasteiger partial charge in [0.15, 0.2) is 5.34 Å². The minimum atomic E-state index is -2.62. The Labute approximate surface area is 40.0 Å². The van der Waals surface area contributed by atoms with E-state index in [0.717, 1.165) is 0 Å². The molecule has 6 nitrogen and oxygen atoms in total. The third-order valence-electron chi connectivity index (χ3n) is 0. The Morgan fingerprint density at radius 1 is 1.29 bits per heavy atom. The molecular weight excluding hydrogens is 125 g/mol. The van der Waals surface area contributed by atoms with Gasteiger partial charge in [0.05, 0.1) is 0 Å². The fourth-order valence-electron chi connectivity index (χ4n) is 0. The smallest absolute Gasteiger partial charge is 0.324 e. The zero-order chi connectivity index (χ0) is 6.28. The topological polar surface area (TPSA) is 110 Å². The van der Waals surface area contributed by atoms with Gasteiger partial charge in [0.2, 0.25) is 0 Å². The summed E-state index contributed by atoms with van der Waals surface area (Å²) in [5.74, 6) is 0. The van der Waals surface area contributed by atoms with Crippen LogP contribution in [-0.4, -0.2) is 19.9 Å². The van der Waals surface area contributed by atoms with Crippen molar-refractivity contribution < 1.29 is 19.9 Å². The van der Waals surface area contributed by atoms with Gasteiger partial charge in [-0.25, -0.2) is 0 Å². The lowest BCUT2D eigenvalue weighted by Crippen LogP contribution is -1.54. The maximum Gasteiger partial charge on any atom is 0.324 e. The summed E-state index contributed by atoms with van der Waals surface area (Å²) in [5.41, 5.74) is 0. The van der Waals surface area contributed by atoms with Crippen LogP contribution in [0, 0.1) is 4.91 Å². The van der Waals surface area contributed by atoms with E-state index in [2.05, 4.69) is 0 Å². The van der Waals surface area contributed by atoms with E-state index in [9.17, 15) is 0 Å². The monoisotopic (exact) mass is 129 g/mol. The number of nitrogens with zero attached hydrogens (tertiary/aromatic N) is 1. The van der Waals surface area contributed by atoms with Gasteiger partial charge >= 0.3 is 8.60 Å². The maximum atomic E-state index is 8.11. The van der Waals surface area contributed by atoms with Crippen molar-refractivity contribution in [3.05, 3.63) is 4.91 Å². The first-order valence-electron chi connectivity index (χ1n) is 0.983. The van der Waals surface area contributed by atoms with E-state index in [-0.39, 0.29) is 0 Å². The molecule has 0 fully saturated rings. The van der Waals surface area contributed by atoms with Crippen molar-refractivity contribution in [2.75, 3.05) is 0 Å². The van der Waals surface area contributed by atoms with Crippen molar-refractivity contribution in [2.24, 2.45) is 5.34 Å². The third kappa shape index (κ3) is 935. The molecule has 0 atom stereocenters. The van der Waals surface area contributed by atoms with Crippen molar-refractivity contribution in [3.8, 4) is 0 Å². The van der Waals surface area contributed by atoms with Crippen LogP contribution in [0.4, 0.5) is 0 Å². The van der Waals surface area contributed by atoms with Crippen molar-refractivity contribution >= 4 is 8.60 Å². The molecule has 7 heavy (non-hydrogen) atoms. The van der Waals surface area contributed by atoms with Crippen LogP contribution in [0.5, 0.6) is 0 Å². The molecule has 0 rings (SSSR count). The SMILES string of the molecule is O=NO.OP(O)O. The van der Waals surface area contributed by atoms with Gasteiger partial charge in [-0.3, -0.25) is 0 Å². The Balaban J connectivity index is 0. The van der Waals surface area contributed by atoms with Crippen molar-refractivity contribution in [2.45, 2.75) is 0 Å². The third-order valence-corrected chi connectivity index (χ3v) is 0. The molecule has 0 amide bonds. The van der Waals surface area contributed by atoms with E-state index in [1.165, 1.54) is 5.34 Å². The molecule has 0 aliphatic heterocycles. The van der Waals surface area contributed by atoms with Gasteiger partial charge in [-0.2, -0.15) is 0 Å². The second-order valence-electron chi connectivity index (χ2n) is 0.350. The molecule has 0 aromatic heterocycles. The highest BCUT2D eigenvalue weighted by atomic mass is 31.2. The van der Waals surface area contributed by atoms with Crippen LogP contribution in [0.25, 0.3) is 0 Å². The lowest BCUT2D eigenvalue weighted by molar-refractivity contribution is 0.312. The molecule has 4 N–H and O–H groups in total. The lowest BCUT2D eigenvalue weighted by Gasteiger charge is -1.76. The Bertz CT molecular complexity index is 32.3. The molecule has 0 bridgehead atoms. The fourth-order valence-corrected chi connectivity index (χ4v) is 0. The molecule has 44 valence electrons. The molecule has 0 saturated carbocycles. The second-order valence-corrected chi connectivity index (χ2v) is 0.887. The predicted molar refractivity (Wildman–Crippen MR) is 21.2 cm³/mol. The van der Waals surface area contributed by atoms with Gasteiger partial charge in [-0.1, -0.05) is 0 Å². The van der Waals surface area contributed by atoms with Crippen LogP contribution in [0.2, 0.25) is 0 Å². The Hall–Kier alpha value is -0.290. The van der Waals surface area contributed by atoms with E-state index in [1.807, 2.05) is 0 Å². The molecule has 0 radical (unpaired) electrons. The van der Waals surface area contributed by atoms with Gasteiger partial charge in [0, 0.05) is 0 Å². The highest BCUT2D eigenvalue weighted by Crippen LogP contribution is 2.11. The van der Waals surface area contributed by atoms with Crippen LogP contribution >= 0.6 is 8.60 Å². The van der Waals surface area contributed by atoms with Gasteiger partial charge < -0.3 is 19.9 Å². The van der Waals surface area contributed by atoms with E-state index in [4.69, 9.17) is 24.8 Å². The molecule has 0 unspecified atom stereocenters. The highest BCUT2D eigenvalue weighted by molar-refractivity contribution is 7.38. The average Bonchev–Trinajstić information content (AvgIpc) is 1.33. The van der Waals surface area contributed by atoms with Crippen LogP contribution < -0.4 is 0 Å². The summed E-state index contributed by atoms with van der Waals surface area (Å²) >= 11 is 0. The molecule has 0 spiro atoms. The average molecular weight is 129 g/mol. The second kappa shape index (κ2) is 9.20. The van der Waals surface area contributed by atoms with Gasteiger partial charge in [0.1, 0.15) is 0 Å². The summed E-state index contributed by atoms with van der Waals surface area (Å²) in [6, 6.07) is 0. The van der Waals surface area contributed by atoms with E-state index >= 15 is 0 Å². The van der Waals surface area contributed by atoms with Crippen LogP contribution in [0.1, 0.15) is 0 Å². The fraction of sp³-hybridized carbons (Fsp3) is 0. The standard InChI is InChI=1S/HNO2.H3O3P/c2-1-3;1-4(2)3/h(H,2,3);1-3H. The normalized spacial score (nSPS) is 6.86. The Morgan fingerprint density at radius 3 is 1.29 bits per heavy atom. The largest absolute Gasteiger partial charge is 0.379 e. The number of hydrogen-bond acceptors (Lipinski definition) is 5. The van der Waals surface area contributed by atoms with E-state index in [1.54, 1.807) is 0 Å². The lowest BCUT2D eigenvalue weighted by atomic mass is 13.4. The van der Waals surface area contributed by atoms with Gasteiger partial charge in [-0.05, 0) is 0 Å². The first-order valence-corrected chi connectivity index (χ1v) is 2.18. The first kappa shape index (κ1) is 9.86. The molecule has 0 aromatic carbocycles. The summed E-state index contributed by atoms with van der Waals surface area (Å²) in [5, 5.41) is 7.89. The molecular formula is H4NO5P. The van der Waals surface area contributed by atoms with Gasteiger partial charge in [-0.15, -0.1) is 4.91 Å². The number of rotatable bonds is 0. The maximum absolute atomic E-state index is 8.11. The summed E-state index contributed by atoms with van der Waals surface area (Å²) < 4.78 is 0. The quantitative estimate of drug-likeness (QED) is 0.197. The minimum absolute atomic E-state index is 1.25. The Morgan fingerprint density at radius 2 is 1.29 bits per heavy atom. The summed E-state index contributed by atoms with van der Waals surface area (Å²) in [6.45, 7) is 0. The molecule has 7 heteroatoms. The van der Waals surface area contributed by atoms with Crippen LogP contribution in [0.3, 0.4) is 0 Å². The molecule has 0 aliphatic rings. The molecule has 0 aliphatic carbocycles.